The number of ether oxygens (including phenoxy) is 2. The third-order valence-corrected chi connectivity index (χ3v) is 5.96. The van der Waals surface area contributed by atoms with E-state index in [0.29, 0.717) is 22.2 Å². The van der Waals surface area contributed by atoms with Crippen molar-refractivity contribution in [2.24, 2.45) is 0 Å². The first-order chi connectivity index (χ1) is 13.8. The van der Waals surface area contributed by atoms with Crippen molar-refractivity contribution >= 4 is 45.3 Å². The molecule has 0 bridgehead atoms. The minimum absolute atomic E-state index is 0.165. The van der Waals surface area contributed by atoms with Crippen molar-refractivity contribution in [1.29, 1.82) is 0 Å². The van der Waals surface area contributed by atoms with E-state index in [-0.39, 0.29) is 22.2 Å². The fourth-order valence-corrected chi connectivity index (χ4v) is 4.72. The molecule has 0 unspecified atom stereocenters. The van der Waals surface area contributed by atoms with Crippen LogP contribution in [0.5, 0.6) is 0 Å². The molecule has 1 N–H and O–H groups in total. The molecule has 0 aliphatic heterocycles. The number of H-pyrrole nitrogens is 1. The third kappa shape index (κ3) is 4.62. The molecular formula is C18H18N4O5S2. The predicted molar refractivity (Wildman–Crippen MR) is 108 cm³/mol. The van der Waals surface area contributed by atoms with Gasteiger partial charge in [0, 0.05) is 11.3 Å². The Morgan fingerprint density at radius 2 is 1.93 bits per heavy atom. The number of carbonyl (C=O) groups is 2. The second kappa shape index (κ2) is 8.70. The molecule has 0 saturated carbocycles. The summed E-state index contributed by atoms with van der Waals surface area (Å²) in [7, 11) is 2.48. The molecular weight excluding hydrogens is 416 g/mol. The van der Waals surface area contributed by atoms with E-state index in [4.69, 9.17) is 4.74 Å². The lowest BCUT2D eigenvalue weighted by molar-refractivity contribution is -0.139. The van der Waals surface area contributed by atoms with Crippen LogP contribution in [0.2, 0.25) is 0 Å². The molecule has 3 heterocycles. The van der Waals surface area contributed by atoms with E-state index in [9.17, 15) is 14.4 Å². The SMILES string of the molecule is COC(=O)Cc1c(C(=O)OC)sc2nc(CSc3cc(C)nc(C)n3)[nH]c(=O)c12. The number of aromatic nitrogens is 4. The smallest absolute Gasteiger partial charge is 0.348 e. The molecule has 29 heavy (non-hydrogen) atoms. The summed E-state index contributed by atoms with van der Waals surface area (Å²) < 4.78 is 9.46. The van der Waals surface area contributed by atoms with Gasteiger partial charge in [-0.25, -0.2) is 19.7 Å². The number of methoxy groups -OCH3 is 2. The minimum Gasteiger partial charge on any atom is -0.469 e. The average Bonchev–Trinajstić information content (AvgIpc) is 3.03. The number of aryl methyl sites for hydroxylation is 2. The summed E-state index contributed by atoms with van der Waals surface area (Å²) in [5.74, 6) is 0.276. The van der Waals surface area contributed by atoms with Crippen LogP contribution in [0.3, 0.4) is 0 Å². The monoisotopic (exact) mass is 434 g/mol. The molecule has 0 aliphatic rings. The Labute approximate surface area is 173 Å². The van der Waals surface area contributed by atoms with Gasteiger partial charge in [-0.1, -0.05) is 11.8 Å². The highest BCUT2D eigenvalue weighted by molar-refractivity contribution is 7.98. The van der Waals surface area contributed by atoms with Crippen molar-refractivity contribution in [1.82, 2.24) is 19.9 Å². The van der Waals surface area contributed by atoms with Gasteiger partial charge in [-0.05, 0) is 19.9 Å². The third-order valence-electron chi connectivity index (χ3n) is 3.93. The number of hydrogen-bond acceptors (Lipinski definition) is 10. The molecule has 0 aliphatic carbocycles. The Morgan fingerprint density at radius 3 is 2.59 bits per heavy atom. The Bertz CT molecular complexity index is 1130. The zero-order valence-corrected chi connectivity index (χ0v) is 17.8. The number of nitrogens with one attached hydrogen (secondary N) is 1. The second-order valence-corrected chi connectivity index (χ2v) is 8.03. The number of nitrogens with zero attached hydrogens (tertiary/aromatic N) is 3. The van der Waals surface area contributed by atoms with Gasteiger partial charge in [0.15, 0.2) is 0 Å². The zero-order chi connectivity index (χ0) is 21.1. The first-order valence-electron chi connectivity index (χ1n) is 8.47. The quantitative estimate of drug-likeness (QED) is 0.353. The Morgan fingerprint density at radius 1 is 1.17 bits per heavy atom. The van der Waals surface area contributed by atoms with Gasteiger partial charge in [0.2, 0.25) is 0 Å². The van der Waals surface area contributed by atoms with Gasteiger partial charge in [0.1, 0.15) is 26.4 Å². The number of thioether (sulfide) groups is 1. The number of aromatic amines is 1. The van der Waals surface area contributed by atoms with Crippen LogP contribution in [0.25, 0.3) is 10.2 Å². The fourth-order valence-electron chi connectivity index (χ4n) is 2.72. The molecule has 11 heteroatoms. The lowest BCUT2D eigenvalue weighted by Crippen LogP contribution is -2.15. The molecule has 0 radical (unpaired) electrons. The van der Waals surface area contributed by atoms with Gasteiger partial charge in [-0.2, -0.15) is 0 Å². The van der Waals surface area contributed by atoms with Gasteiger partial charge in [-0.15, -0.1) is 11.3 Å². The molecule has 3 rings (SSSR count). The summed E-state index contributed by atoms with van der Waals surface area (Å²) in [5, 5.41) is 0.967. The molecule has 9 nitrogen and oxygen atoms in total. The van der Waals surface area contributed by atoms with Crippen molar-refractivity contribution < 1.29 is 19.1 Å². The lowest BCUT2D eigenvalue weighted by Gasteiger charge is -2.04. The topological polar surface area (TPSA) is 124 Å². The zero-order valence-electron chi connectivity index (χ0n) is 16.2. The van der Waals surface area contributed by atoms with E-state index in [0.717, 1.165) is 22.1 Å². The van der Waals surface area contributed by atoms with Crippen molar-refractivity contribution in [3.05, 3.63) is 44.2 Å². The van der Waals surface area contributed by atoms with Gasteiger partial charge < -0.3 is 14.5 Å². The largest absolute Gasteiger partial charge is 0.469 e. The van der Waals surface area contributed by atoms with Crippen LogP contribution in [0.1, 0.15) is 32.6 Å². The molecule has 3 aromatic rings. The van der Waals surface area contributed by atoms with Crippen LogP contribution in [0.4, 0.5) is 0 Å². The number of thiophene rings is 1. The van der Waals surface area contributed by atoms with Gasteiger partial charge in [0.05, 0.1) is 31.8 Å². The average molecular weight is 434 g/mol. The number of esters is 2. The summed E-state index contributed by atoms with van der Waals surface area (Å²) in [6.07, 6.45) is -0.223. The lowest BCUT2D eigenvalue weighted by atomic mass is 10.1. The highest BCUT2D eigenvalue weighted by Gasteiger charge is 2.24. The summed E-state index contributed by atoms with van der Waals surface area (Å²) in [5.41, 5.74) is 0.690. The Hall–Kier alpha value is -2.79. The number of rotatable bonds is 6. The van der Waals surface area contributed by atoms with Crippen LogP contribution < -0.4 is 5.56 Å². The maximum absolute atomic E-state index is 12.7. The molecule has 0 atom stereocenters. The Kier molecular flexibility index (Phi) is 6.28. The summed E-state index contributed by atoms with van der Waals surface area (Å²) >= 11 is 2.43. The Balaban J connectivity index is 1.98. The van der Waals surface area contributed by atoms with Crippen LogP contribution in [-0.4, -0.2) is 46.1 Å². The van der Waals surface area contributed by atoms with E-state index in [1.54, 1.807) is 0 Å². The van der Waals surface area contributed by atoms with Crippen LogP contribution in [0.15, 0.2) is 15.9 Å². The molecule has 0 fully saturated rings. The molecule has 3 aromatic heterocycles. The number of fused-ring (bicyclic) bond motifs is 1. The molecule has 0 spiro atoms. The van der Waals surface area contributed by atoms with Crippen LogP contribution in [-0.2, 0) is 26.4 Å². The van der Waals surface area contributed by atoms with Crippen LogP contribution in [0, 0.1) is 13.8 Å². The first-order valence-corrected chi connectivity index (χ1v) is 10.3. The summed E-state index contributed by atoms with van der Waals surface area (Å²) in [6, 6.07) is 1.85. The van der Waals surface area contributed by atoms with Crippen molar-refractivity contribution in [2.75, 3.05) is 14.2 Å². The fraction of sp³-hybridized carbons (Fsp3) is 0.333. The molecule has 0 saturated heterocycles. The minimum atomic E-state index is -0.630. The molecule has 152 valence electrons. The van der Waals surface area contributed by atoms with Gasteiger partial charge in [-0.3, -0.25) is 9.59 Å². The van der Waals surface area contributed by atoms with E-state index >= 15 is 0 Å². The second-order valence-electron chi connectivity index (χ2n) is 6.03. The highest BCUT2D eigenvalue weighted by Crippen LogP contribution is 2.30. The summed E-state index contributed by atoms with van der Waals surface area (Å²) in [6.45, 7) is 3.69. The van der Waals surface area contributed by atoms with Gasteiger partial charge in [0.25, 0.3) is 5.56 Å². The van der Waals surface area contributed by atoms with E-state index in [2.05, 4.69) is 24.7 Å². The highest BCUT2D eigenvalue weighted by atomic mass is 32.2. The predicted octanol–water partition coefficient (Wildman–Crippen LogP) is 2.19. The number of hydrogen-bond donors (Lipinski definition) is 1. The van der Waals surface area contributed by atoms with Gasteiger partial charge >= 0.3 is 11.9 Å². The van der Waals surface area contributed by atoms with Crippen LogP contribution >= 0.6 is 23.1 Å². The van der Waals surface area contributed by atoms with E-state index in [1.165, 1.54) is 26.0 Å². The summed E-state index contributed by atoms with van der Waals surface area (Å²) in [4.78, 5) is 52.9. The van der Waals surface area contributed by atoms with Crippen molar-refractivity contribution in [2.45, 2.75) is 31.0 Å². The maximum Gasteiger partial charge on any atom is 0.348 e. The van der Waals surface area contributed by atoms with E-state index in [1.807, 2.05) is 19.9 Å². The number of carbonyl (C=O) groups excluding carboxylic acids is 2. The molecule has 0 amide bonds. The van der Waals surface area contributed by atoms with E-state index < -0.39 is 17.5 Å². The van der Waals surface area contributed by atoms with Crippen molar-refractivity contribution in [3.63, 3.8) is 0 Å². The van der Waals surface area contributed by atoms with Crippen molar-refractivity contribution in [3.8, 4) is 0 Å². The normalized spacial score (nSPS) is 10.9. The molecule has 0 aromatic carbocycles. The first kappa shape index (κ1) is 20.9. The maximum atomic E-state index is 12.7. The standard InChI is InChI=1S/C18H18N4O5S2/c1-8-5-12(20-9(2)19-8)28-7-11-21-16(24)14-10(6-13(23)26-3)15(18(25)27-4)29-17(14)22-11/h5H,6-7H2,1-4H3,(H,21,22,24).